The van der Waals surface area contributed by atoms with Crippen LogP contribution in [0.2, 0.25) is 0 Å². The molecule has 2 aromatic carbocycles. The Morgan fingerprint density at radius 3 is 2.67 bits per heavy atom. The lowest BCUT2D eigenvalue weighted by molar-refractivity contribution is -0.122. The number of amides is 3. The average molecular weight is 539 g/mol. The average Bonchev–Trinajstić information content (AvgIpc) is 3.51. The van der Waals surface area contributed by atoms with Crippen molar-refractivity contribution < 1.29 is 28.6 Å². The van der Waals surface area contributed by atoms with E-state index in [4.69, 9.17) is 4.74 Å². The molecule has 3 aromatic rings. The van der Waals surface area contributed by atoms with E-state index >= 15 is 4.39 Å². The van der Waals surface area contributed by atoms with Crippen LogP contribution in [0.1, 0.15) is 31.5 Å². The maximum atomic E-state index is 15.0. The van der Waals surface area contributed by atoms with Crippen LogP contribution in [0.4, 0.5) is 14.9 Å². The van der Waals surface area contributed by atoms with Crippen LogP contribution in [0.15, 0.2) is 48.7 Å². The van der Waals surface area contributed by atoms with Gasteiger partial charge in [0.2, 0.25) is 11.8 Å². The molecule has 1 fully saturated rings. The summed E-state index contributed by atoms with van der Waals surface area (Å²) in [6, 6.07) is 11.6. The number of benzene rings is 2. The number of ether oxygens (including phenoxy) is 1. The van der Waals surface area contributed by atoms with Gasteiger partial charge in [-0.05, 0) is 35.7 Å². The summed E-state index contributed by atoms with van der Waals surface area (Å²) in [6.07, 6.45) is 1.05. The van der Waals surface area contributed by atoms with Gasteiger partial charge in [0.25, 0.3) is 0 Å². The number of cyclic esters (lactones) is 1. The molecular formula is C27H31FN6O5. The maximum Gasteiger partial charge on any atom is 0.414 e. The van der Waals surface area contributed by atoms with Gasteiger partial charge in [0.1, 0.15) is 18.5 Å². The summed E-state index contributed by atoms with van der Waals surface area (Å²) >= 11 is 0. The van der Waals surface area contributed by atoms with E-state index in [1.165, 1.54) is 22.6 Å². The van der Waals surface area contributed by atoms with E-state index in [1.54, 1.807) is 42.6 Å². The van der Waals surface area contributed by atoms with Gasteiger partial charge in [-0.15, -0.1) is 5.10 Å². The van der Waals surface area contributed by atoms with E-state index < -0.39 is 24.1 Å². The number of halogens is 1. The molecule has 4 rings (SSSR count). The monoisotopic (exact) mass is 538 g/mol. The number of nitrogens with zero attached hydrogens (tertiary/aromatic N) is 4. The second-order valence-electron chi connectivity index (χ2n) is 9.36. The van der Waals surface area contributed by atoms with Gasteiger partial charge in [-0.25, -0.2) is 13.9 Å². The first-order valence-corrected chi connectivity index (χ1v) is 12.7. The highest BCUT2D eigenvalue weighted by molar-refractivity contribution is 5.90. The zero-order chi connectivity index (χ0) is 27.9. The van der Waals surface area contributed by atoms with Crippen LogP contribution < -0.4 is 15.5 Å². The summed E-state index contributed by atoms with van der Waals surface area (Å²) in [7, 11) is 0. The summed E-state index contributed by atoms with van der Waals surface area (Å²) < 4.78 is 21.7. The van der Waals surface area contributed by atoms with Crippen molar-refractivity contribution in [1.29, 1.82) is 0 Å². The summed E-state index contributed by atoms with van der Waals surface area (Å²) in [6.45, 7) is 3.94. The minimum Gasteiger partial charge on any atom is -0.442 e. The van der Waals surface area contributed by atoms with Crippen molar-refractivity contribution in [2.75, 3.05) is 18.0 Å². The van der Waals surface area contributed by atoms with Crippen molar-refractivity contribution in [2.45, 2.75) is 52.0 Å². The molecule has 0 aliphatic carbocycles. The normalized spacial score (nSPS) is 15.6. The minimum absolute atomic E-state index is 0.00338. The van der Waals surface area contributed by atoms with Gasteiger partial charge in [-0.3, -0.25) is 14.5 Å². The standard InChI is InChI=1S/C27H31FN6O5/c1-3-22(36)10-20-14-33(32-31-20)16-26(37)30-12-18-4-6-19(7-5-18)24-9-8-21(11-25(24)28)34-15-23(39-27(34)38)13-29-17(2)35/h4-9,11,14,22-23,36H,3,10,12-13,15-16H2,1-2H3,(H,29,35)(H,30,37)/t22?,23-/m0/s1. The Hall–Kier alpha value is -4.32. The largest absolute Gasteiger partial charge is 0.442 e. The lowest BCUT2D eigenvalue weighted by Gasteiger charge is -2.15. The number of carbonyl (C=O) groups excluding carboxylic acids is 3. The molecule has 0 radical (unpaired) electrons. The first-order chi connectivity index (χ1) is 18.7. The predicted molar refractivity (Wildman–Crippen MR) is 140 cm³/mol. The molecule has 1 aliphatic heterocycles. The molecule has 206 valence electrons. The zero-order valence-electron chi connectivity index (χ0n) is 21.8. The van der Waals surface area contributed by atoms with Crippen molar-refractivity contribution >= 4 is 23.6 Å². The Bertz CT molecular complexity index is 1330. The number of carbonyl (C=O) groups is 3. The lowest BCUT2D eigenvalue weighted by Crippen LogP contribution is -2.33. The molecule has 3 N–H and O–H groups in total. The van der Waals surface area contributed by atoms with Gasteiger partial charge in [-0.1, -0.05) is 36.4 Å². The molecular weight excluding hydrogens is 507 g/mol. The van der Waals surface area contributed by atoms with Gasteiger partial charge in [0, 0.05) is 31.6 Å². The number of aromatic nitrogens is 3. The van der Waals surface area contributed by atoms with Crippen LogP contribution in [-0.4, -0.2) is 63.3 Å². The fourth-order valence-electron chi connectivity index (χ4n) is 4.10. The third kappa shape index (κ3) is 7.38. The van der Waals surface area contributed by atoms with Crippen LogP contribution in [0, 0.1) is 5.82 Å². The van der Waals surface area contributed by atoms with Gasteiger partial charge < -0.3 is 20.5 Å². The second-order valence-corrected chi connectivity index (χ2v) is 9.36. The molecule has 1 aliphatic rings. The van der Waals surface area contributed by atoms with Crippen molar-refractivity contribution in [1.82, 2.24) is 25.6 Å². The van der Waals surface area contributed by atoms with Gasteiger partial charge in [0.05, 0.1) is 30.6 Å². The molecule has 0 saturated carbocycles. The van der Waals surface area contributed by atoms with Crippen molar-refractivity contribution in [3.8, 4) is 11.1 Å². The minimum atomic E-state index is -0.594. The smallest absolute Gasteiger partial charge is 0.414 e. The number of rotatable bonds is 11. The summed E-state index contributed by atoms with van der Waals surface area (Å²) in [5.41, 5.74) is 2.84. The molecule has 2 heterocycles. The Labute approximate surface area is 224 Å². The van der Waals surface area contributed by atoms with Crippen molar-refractivity contribution in [3.63, 3.8) is 0 Å². The van der Waals surface area contributed by atoms with Crippen LogP contribution in [0.25, 0.3) is 11.1 Å². The molecule has 0 bridgehead atoms. The lowest BCUT2D eigenvalue weighted by atomic mass is 10.0. The Morgan fingerprint density at radius 2 is 1.97 bits per heavy atom. The molecule has 1 unspecified atom stereocenters. The number of hydrogen-bond acceptors (Lipinski definition) is 7. The SMILES string of the molecule is CCC(O)Cc1cn(CC(=O)NCc2ccc(-c3ccc(N4C[C@H](CNC(C)=O)OC4=O)cc3F)cc2)nn1. The van der Waals surface area contributed by atoms with Gasteiger partial charge in [-0.2, -0.15) is 0 Å². The molecule has 2 atom stereocenters. The van der Waals surface area contributed by atoms with Crippen LogP contribution in [0.3, 0.4) is 0 Å². The van der Waals surface area contributed by atoms with Crippen molar-refractivity contribution in [2.24, 2.45) is 0 Å². The summed E-state index contributed by atoms with van der Waals surface area (Å²) in [4.78, 5) is 36.9. The molecule has 0 spiro atoms. The number of anilines is 1. The first-order valence-electron chi connectivity index (χ1n) is 12.7. The molecule has 11 nitrogen and oxygen atoms in total. The fourth-order valence-corrected chi connectivity index (χ4v) is 4.10. The third-order valence-electron chi connectivity index (χ3n) is 6.28. The molecule has 39 heavy (non-hydrogen) atoms. The Balaban J connectivity index is 1.31. The second kappa shape index (κ2) is 12.5. The maximum absolute atomic E-state index is 15.0. The molecule has 1 saturated heterocycles. The van der Waals surface area contributed by atoms with Crippen molar-refractivity contribution in [3.05, 3.63) is 65.7 Å². The van der Waals surface area contributed by atoms with E-state index in [1.807, 2.05) is 6.92 Å². The Morgan fingerprint density at radius 1 is 1.21 bits per heavy atom. The van der Waals surface area contributed by atoms with E-state index in [9.17, 15) is 19.5 Å². The predicted octanol–water partition coefficient (Wildman–Crippen LogP) is 2.18. The van der Waals surface area contributed by atoms with Gasteiger partial charge >= 0.3 is 6.09 Å². The zero-order valence-corrected chi connectivity index (χ0v) is 21.8. The topological polar surface area (TPSA) is 139 Å². The van der Waals surface area contributed by atoms with E-state index in [2.05, 4.69) is 20.9 Å². The molecule has 12 heteroatoms. The highest BCUT2D eigenvalue weighted by Crippen LogP contribution is 2.29. The van der Waals surface area contributed by atoms with E-state index in [-0.39, 0.29) is 38.0 Å². The summed E-state index contributed by atoms with van der Waals surface area (Å²) in [5.74, 6) is -0.961. The fraction of sp³-hybridized carbons (Fsp3) is 0.370. The van der Waals surface area contributed by atoms with E-state index in [0.29, 0.717) is 35.3 Å². The molecule has 3 amide bonds. The van der Waals surface area contributed by atoms with Crippen LogP contribution >= 0.6 is 0 Å². The van der Waals surface area contributed by atoms with Crippen LogP contribution in [-0.2, 0) is 33.8 Å². The van der Waals surface area contributed by atoms with Crippen LogP contribution in [0.5, 0.6) is 0 Å². The van der Waals surface area contributed by atoms with Gasteiger partial charge in [0.15, 0.2) is 0 Å². The first kappa shape index (κ1) is 27.7. The third-order valence-corrected chi connectivity index (χ3v) is 6.28. The summed E-state index contributed by atoms with van der Waals surface area (Å²) in [5, 5.41) is 23.0. The number of aliphatic hydroxyl groups is 1. The Kier molecular flexibility index (Phi) is 8.87. The molecule has 1 aromatic heterocycles. The highest BCUT2D eigenvalue weighted by atomic mass is 19.1. The number of aliphatic hydroxyl groups excluding tert-OH is 1. The quantitative estimate of drug-likeness (QED) is 0.340. The number of nitrogens with one attached hydrogen (secondary N) is 2. The number of hydrogen-bond donors (Lipinski definition) is 3. The highest BCUT2D eigenvalue weighted by Gasteiger charge is 2.32. The van der Waals surface area contributed by atoms with E-state index in [0.717, 1.165) is 5.56 Å².